The number of benzene rings is 1. The van der Waals surface area contributed by atoms with E-state index < -0.39 is 23.5 Å². The Morgan fingerprint density at radius 2 is 1.98 bits per heavy atom. The predicted octanol–water partition coefficient (Wildman–Crippen LogP) is 3.57. The Morgan fingerprint density at radius 3 is 2.68 bits per heavy atom. The Balaban J connectivity index is 1.78. The molecular weight excluding hydrogens is 544 g/mol. The fourth-order valence-corrected chi connectivity index (χ4v) is 6.69. The normalized spacial score (nSPS) is 17.0. The Hall–Kier alpha value is -3.71. The molecule has 0 aliphatic carbocycles. The predicted molar refractivity (Wildman–Crippen MR) is 153 cm³/mol. The second-order valence-corrected chi connectivity index (χ2v) is 12.2. The molecule has 1 N–H and O–H groups in total. The third-order valence-electron chi connectivity index (χ3n) is 7.66. The molecule has 1 fully saturated rings. The first-order valence-electron chi connectivity index (χ1n) is 14.7. The van der Waals surface area contributed by atoms with E-state index in [0.717, 1.165) is 24.7 Å². The zero-order valence-corrected chi connectivity index (χ0v) is 23.5. The van der Waals surface area contributed by atoms with Crippen molar-refractivity contribution in [2.24, 2.45) is 13.0 Å². The molecule has 1 saturated heterocycles. The van der Waals surface area contributed by atoms with Crippen molar-refractivity contribution < 1.29 is 27.1 Å². The van der Waals surface area contributed by atoms with E-state index in [4.69, 9.17) is 18.6 Å². The van der Waals surface area contributed by atoms with Crippen LogP contribution in [0.15, 0.2) is 53.7 Å². The van der Waals surface area contributed by atoms with Crippen LogP contribution in [0.5, 0.6) is 0 Å². The van der Waals surface area contributed by atoms with Crippen LogP contribution < -0.4 is 0 Å². The molecule has 41 heavy (non-hydrogen) atoms. The van der Waals surface area contributed by atoms with Gasteiger partial charge in [0.1, 0.15) is 11.7 Å². The van der Waals surface area contributed by atoms with Crippen molar-refractivity contribution in [1.82, 2.24) is 29.5 Å². The van der Waals surface area contributed by atoms with Crippen molar-refractivity contribution in [3.63, 3.8) is 0 Å². The third-order valence-corrected chi connectivity index (χ3v) is 8.76. The zero-order valence-electron chi connectivity index (χ0n) is 25.7. The van der Waals surface area contributed by atoms with Gasteiger partial charge in [-0.1, -0.05) is 35.5 Å². The number of aliphatic hydroxyl groups excluding tert-OH is 1. The Bertz CT molecular complexity index is 1940. The van der Waals surface area contributed by atoms with Gasteiger partial charge in [0.2, 0.25) is 0 Å². The first-order valence-corrected chi connectivity index (χ1v) is 15.1. The molecule has 214 valence electrons. The van der Waals surface area contributed by atoms with Crippen molar-refractivity contribution in [3.05, 3.63) is 65.7 Å². The van der Waals surface area contributed by atoms with Gasteiger partial charge in [-0.3, -0.25) is 9.97 Å². The fourth-order valence-electron chi connectivity index (χ4n) is 5.90. The minimum atomic E-state index is -3.79. The van der Waals surface area contributed by atoms with E-state index in [1.54, 1.807) is 7.05 Å². The second-order valence-electron chi connectivity index (χ2n) is 10.2. The molecule has 1 aliphatic rings. The van der Waals surface area contributed by atoms with Gasteiger partial charge in [0.05, 0.1) is 51.7 Å². The van der Waals surface area contributed by atoms with Crippen LogP contribution in [0.4, 0.5) is 0 Å². The van der Waals surface area contributed by atoms with Crippen LogP contribution in [-0.2, 0) is 33.0 Å². The van der Waals surface area contributed by atoms with E-state index in [1.807, 2.05) is 41.0 Å². The van der Waals surface area contributed by atoms with Crippen LogP contribution in [0.1, 0.15) is 39.9 Å². The van der Waals surface area contributed by atoms with E-state index in [-0.39, 0.29) is 34.8 Å². The molecule has 6 rings (SSSR count). The number of aryl methyl sites for hydroxylation is 2. The number of hydrogen-bond acceptors (Lipinski definition) is 9. The SMILES string of the molecule is [2H]C([2H])([2H])c1nnn(C)c1-c1cnc2c3c(COCO)ncc(S(C)(=O)=O)c3n([C@H](c3ccccc3)C3CCOCC3)c2c1. The van der Waals surface area contributed by atoms with Crippen molar-refractivity contribution >= 4 is 31.8 Å². The number of fused-ring (bicyclic) bond motifs is 3. The van der Waals surface area contributed by atoms with Crippen LogP contribution >= 0.6 is 0 Å². The van der Waals surface area contributed by atoms with Gasteiger partial charge in [0.25, 0.3) is 0 Å². The molecule has 4 aromatic heterocycles. The fraction of sp³-hybridized carbons (Fsp3) is 0.379. The van der Waals surface area contributed by atoms with Gasteiger partial charge in [-0.05, 0) is 37.2 Å². The first-order chi connectivity index (χ1) is 21.0. The molecule has 0 spiro atoms. The number of sulfone groups is 1. The highest BCUT2D eigenvalue weighted by Crippen LogP contribution is 2.43. The third kappa shape index (κ3) is 4.90. The molecular formula is C29H32N6O5S. The van der Waals surface area contributed by atoms with Crippen molar-refractivity contribution in [2.45, 2.75) is 37.2 Å². The van der Waals surface area contributed by atoms with E-state index in [1.165, 1.54) is 17.1 Å². The van der Waals surface area contributed by atoms with Crippen molar-refractivity contribution in [1.29, 1.82) is 0 Å². The summed E-state index contributed by atoms with van der Waals surface area (Å²) in [5, 5.41) is 17.8. The maximum absolute atomic E-state index is 13.3. The molecule has 11 nitrogen and oxygen atoms in total. The molecule has 0 bridgehead atoms. The molecule has 5 heterocycles. The maximum Gasteiger partial charge on any atom is 0.179 e. The molecule has 0 radical (unpaired) electrons. The Morgan fingerprint density at radius 1 is 1.20 bits per heavy atom. The average Bonchev–Trinajstić information content (AvgIpc) is 3.55. The quantitative estimate of drug-likeness (QED) is 0.274. The van der Waals surface area contributed by atoms with Gasteiger partial charge >= 0.3 is 0 Å². The van der Waals surface area contributed by atoms with Crippen LogP contribution in [0.25, 0.3) is 33.2 Å². The summed E-state index contributed by atoms with van der Waals surface area (Å²) in [5.41, 5.74) is 3.43. The number of aliphatic hydroxyl groups is 1. The highest BCUT2D eigenvalue weighted by Gasteiger charge is 2.33. The first kappa shape index (κ1) is 23.9. The van der Waals surface area contributed by atoms with Gasteiger partial charge in [-0.2, -0.15) is 0 Å². The minimum absolute atomic E-state index is 0.0261. The molecule has 1 aromatic carbocycles. The summed E-state index contributed by atoms with van der Waals surface area (Å²) < 4.78 is 65.3. The van der Waals surface area contributed by atoms with Gasteiger partial charge < -0.3 is 19.1 Å². The average molecular weight is 580 g/mol. The van der Waals surface area contributed by atoms with Crippen LogP contribution in [0.3, 0.4) is 0 Å². The maximum atomic E-state index is 13.3. The summed E-state index contributed by atoms with van der Waals surface area (Å²) in [4.78, 5) is 9.30. The summed E-state index contributed by atoms with van der Waals surface area (Å²) >= 11 is 0. The van der Waals surface area contributed by atoms with Gasteiger partial charge in [0, 0.05) is 48.6 Å². The number of pyridine rings is 2. The number of ether oxygens (including phenoxy) is 2. The number of rotatable bonds is 8. The van der Waals surface area contributed by atoms with Gasteiger partial charge in [0.15, 0.2) is 9.84 Å². The second kappa shape index (κ2) is 10.9. The summed E-state index contributed by atoms with van der Waals surface area (Å²) in [6.07, 6.45) is 5.48. The topological polar surface area (TPSA) is 134 Å². The molecule has 0 unspecified atom stereocenters. The molecule has 0 amide bonds. The van der Waals surface area contributed by atoms with Gasteiger partial charge in [-0.25, -0.2) is 13.1 Å². The lowest BCUT2D eigenvalue weighted by molar-refractivity contribution is -0.0120. The van der Waals surface area contributed by atoms with Crippen LogP contribution in [-0.4, -0.2) is 69.3 Å². The van der Waals surface area contributed by atoms with E-state index in [9.17, 15) is 13.5 Å². The van der Waals surface area contributed by atoms with E-state index in [0.29, 0.717) is 46.4 Å². The Labute approximate surface area is 241 Å². The summed E-state index contributed by atoms with van der Waals surface area (Å²) in [5.74, 6) is 0.0719. The number of hydrogen-bond donors (Lipinski definition) is 1. The standard InChI is InChI=1S/C29H32N6O5S/c1-18-27(34(2)33-32-18)21-13-23-26(31-14-21)25-22(16-40-17-36)30-15-24(41(3,37)38)29(25)35(23)28(19-7-5-4-6-8-19)20-9-11-39-12-10-20/h4-8,13-15,20,28,36H,9-12,16-17H2,1-3H3/t28-/m1/s1/i1D3. The van der Waals surface area contributed by atoms with Gasteiger partial charge in [-0.15, -0.1) is 5.10 Å². The number of aromatic nitrogens is 6. The summed E-state index contributed by atoms with van der Waals surface area (Å²) in [6, 6.07) is 11.3. The molecule has 12 heteroatoms. The molecule has 1 atom stereocenters. The number of nitrogens with zero attached hydrogens (tertiary/aromatic N) is 6. The summed E-state index contributed by atoms with van der Waals surface area (Å²) in [7, 11) is -2.18. The van der Waals surface area contributed by atoms with E-state index >= 15 is 0 Å². The monoisotopic (exact) mass is 579 g/mol. The lowest BCUT2D eigenvalue weighted by Gasteiger charge is -2.33. The highest BCUT2D eigenvalue weighted by atomic mass is 32.2. The molecule has 1 aliphatic heterocycles. The largest absolute Gasteiger partial charge is 0.381 e. The molecule has 0 saturated carbocycles. The smallest absolute Gasteiger partial charge is 0.179 e. The molecule has 5 aromatic rings. The zero-order chi connectivity index (χ0) is 31.2. The van der Waals surface area contributed by atoms with Crippen molar-refractivity contribution in [3.8, 4) is 11.3 Å². The van der Waals surface area contributed by atoms with Crippen LogP contribution in [0.2, 0.25) is 0 Å². The lowest BCUT2D eigenvalue weighted by Crippen LogP contribution is -2.27. The Kier molecular flexibility index (Phi) is 6.39. The lowest BCUT2D eigenvalue weighted by atomic mass is 9.86. The van der Waals surface area contributed by atoms with E-state index in [2.05, 4.69) is 15.3 Å². The highest BCUT2D eigenvalue weighted by molar-refractivity contribution is 7.91. The summed E-state index contributed by atoms with van der Waals surface area (Å²) in [6.45, 7) is -2.03. The van der Waals surface area contributed by atoms with Crippen LogP contribution in [0, 0.1) is 12.8 Å². The van der Waals surface area contributed by atoms with Crippen molar-refractivity contribution in [2.75, 3.05) is 26.3 Å². The minimum Gasteiger partial charge on any atom is -0.381 e.